The Morgan fingerprint density at radius 2 is 1.55 bits per heavy atom. The molecule has 0 amide bonds. The Bertz CT molecular complexity index is 524. The fraction of sp³-hybridized carbons (Fsp3) is 0.750. The van der Waals surface area contributed by atoms with Crippen molar-refractivity contribution >= 4 is 17.8 Å². The fourth-order valence-corrected chi connectivity index (χ4v) is 2.08. The summed E-state index contributed by atoms with van der Waals surface area (Å²) in [7, 11) is 6.92. The van der Waals surface area contributed by atoms with Gasteiger partial charge >= 0.3 is 6.18 Å². The Morgan fingerprint density at radius 3 is 1.91 bits per heavy atom. The standard InChI is InChI=1S/C12H19F3N6O/c1-19(2)8-16-9(20(3)4)18-10(17-8)21-6-5-11(22,7-21)12(13,14)15/h22H,5-7H2,1-4H3. The van der Waals surface area contributed by atoms with Gasteiger partial charge in [0.1, 0.15) is 0 Å². The Morgan fingerprint density at radius 1 is 1.05 bits per heavy atom. The van der Waals surface area contributed by atoms with Crippen molar-refractivity contribution in [3.05, 3.63) is 0 Å². The Hall–Kier alpha value is -1.84. The minimum Gasteiger partial charge on any atom is -0.379 e. The van der Waals surface area contributed by atoms with E-state index in [1.54, 1.807) is 38.0 Å². The quantitative estimate of drug-likeness (QED) is 0.870. The van der Waals surface area contributed by atoms with Crippen molar-refractivity contribution in [2.45, 2.75) is 18.2 Å². The number of β-amino-alcohol motifs (C(OH)–C–C–N with tert-alkyl or cyclic N) is 1. The van der Waals surface area contributed by atoms with E-state index in [-0.39, 0.29) is 12.5 Å². The topological polar surface area (TPSA) is 68.6 Å². The summed E-state index contributed by atoms with van der Waals surface area (Å²) in [5.74, 6) is 0.815. The molecule has 1 N–H and O–H groups in total. The van der Waals surface area contributed by atoms with Crippen molar-refractivity contribution in [3.8, 4) is 0 Å². The van der Waals surface area contributed by atoms with Crippen LogP contribution in [-0.2, 0) is 0 Å². The fourth-order valence-electron chi connectivity index (χ4n) is 2.08. The number of nitrogens with zero attached hydrogens (tertiary/aromatic N) is 6. The van der Waals surface area contributed by atoms with Gasteiger partial charge in [0.25, 0.3) is 0 Å². The highest BCUT2D eigenvalue weighted by atomic mass is 19.4. The van der Waals surface area contributed by atoms with Gasteiger partial charge in [0.2, 0.25) is 17.8 Å². The molecule has 7 nitrogen and oxygen atoms in total. The van der Waals surface area contributed by atoms with Crippen LogP contribution in [0.15, 0.2) is 0 Å². The molecule has 22 heavy (non-hydrogen) atoms. The maximum absolute atomic E-state index is 12.9. The molecule has 0 spiro atoms. The Kier molecular flexibility index (Phi) is 4.07. The number of alkyl halides is 3. The number of hydrogen-bond acceptors (Lipinski definition) is 7. The summed E-state index contributed by atoms with van der Waals surface area (Å²) in [6.07, 6.45) is -5.08. The van der Waals surface area contributed by atoms with Gasteiger partial charge in [-0.1, -0.05) is 0 Å². The number of hydrogen-bond donors (Lipinski definition) is 1. The van der Waals surface area contributed by atoms with Crippen molar-refractivity contribution in [2.75, 3.05) is 56.0 Å². The van der Waals surface area contributed by atoms with Crippen LogP contribution in [0.5, 0.6) is 0 Å². The van der Waals surface area contributed by atoms with E-state index in [9.17, 15) is 18.3 Å². The summed E-state index contributed by atoms with van der Waals surface area (Å²) >= 11 is 0. The Labute approximate surface area is 126 Å². The molecule has 0 radical (unpaired) electrons. The summed E-state index contributed by atoms with van der Waals surface area (Å²) in [5.41, 5.74) is -2.73. The molecule has 1 fully saturated rings. The molecular formula is C12H19F3N6O. The molecule has 124 valence electrons. The zero-order valence-corrected chi connectivity index (χ0v) is 12.9. The van der Waals surface area contributed by atoms with Crippen LogP contribution >= 0.6 is 0 Å². The van der Waals surface area contributed by atoms with Gasteiger partial charge < -0.3 is 19.8 Å². The lowest BCUT2D eigenvalue weighted by molar-refractivity contribution is -0.250. The third kappa shape index (κ3) is 3.01. The molecule has 0 bridgehead atoms. The second-order valence-corrected chi connectivity index (χ2v) is 5.73. The van der Waals surface area contributed by atoms with Gasteiger partial charge in [0.05, 0.1) is 6.54 Å². The average Bonchev–Trinajstić information content (AvgIpc) is 2.81. The van der Waals surface area contributed by atoms with Crippen LogP contribution in [0.4, 0.5) is 31.0 Å². The predicted octanol–water partition coefficient (Wildman–Crippen LogP) is 0.507. The molecule has 1 unspecified atom stereocenters. The lowest BCUT2D eigenvalue weighted by Gasteiger charge is -2.26. The molecule has 0 saturated carbocycles. The third-order valence-electron chi connectivity index (χ3n) is 3.46. The summed E-state index contributed by atoms with van der Waals surface area (Å²) < 4.78 is 38.7. The lowest BCUT2D eigenvalue weighted by atomic mass is 10.0. The van der Waals surface area contributed by atoms with Crippen LogP contribution in [0.2, 0.25) is 0 Å². The van der Waals surface area contributed by atoms with Crippen LogP contribution in [-0.4, -0.2) is 73.1 Å². The van der Waals surface area contributed by atoms with Crippen molar-refractivity contribution in [1.29, 1.82) is 0 Å². The van der Waals surface area contributed by atoms with E-state index < -0.39 is 24.7 Å². The molecule has 0 aliphatic carbocycles. The molecule has 1 atom stereocenters. The average molecular weight is 320 g/mol. The van der Waals surface area contributed by atoms with E-state index in [0.29, 0.717) is 11.9 Å². The first-order valence-electron chi connectivity index (χ1n) is 6.68. The minimum absolute atomic E-state index is 0.0275. The first-order chi connectivity index (χ1) is 10.0. The Balaban J connectivity index is 2.34. The minimum atomic E-state index is -4.68. The van der Waals surface area contributed by atoms with E-state index in [4.69, 9.17) is 0 Å². The number of halogens is 3. The van der Waals surface area contributed by atoms with E-state index in [1.165, 1.54) is 4.90 Å². The molecule has 1 aliphatic rings. The largest absolute Gasteiger partial charge is 0.419 e. The third-order valence-corrected chi connectivity index (χ3v) is 3.46. The molecular weight excluding hydrogens is 301 g/mol. The van der Waals surface area contributed by atoms with Gasteiger partial charge in [0.15, 0.2) is 5.60 Å². The van der Waals surface area contributed by atoms with Crippen molar-refractivity contribution in [2.24, 2.45) is 0 Å². The van der Waals surface area contributed by atoms with Gasteiger partial charge in [0, 0.05) is 41.2 Å². The molecule has 2 heterocycles. The van der Waals surface area contributed by atoms with Crippen LogP contribution in [0.25, 0.3) is 0 Å². The molecule has 2 rings (SSSR count). The highest BCUT2D eigenvalue weighted by Gasteiger charge is 2.57. The van der Waals surface area contributed by atoms with E-state index >= 15 is 0 Å². The van der Waals surface area contributed by atoms with Crippen LogP contribution in [0.3, 0.4) is 0 Å². The molecule has 10 heteroatoms. The summed E-state index contributed by atoms with van der Waals surface area (Å²) in [6, 6.07) is 0. The second-order valence-electron chi connectivity index (χ2n) is 5.73. The highest BCUT2D eigenvalue weighted by molar-refractivity contribution is 5.46. The number of anilines is 3. The van der Waals surface area contributed by atoms with Gasteiger partial charge in [-0.25, -0.2) is 0 Å². The first kappa shape index (κ1) is 16.5. The summed E-state index contributed by atoms with van der Waals surface area (Å²) in [4.78, 5) is 17.2. The molecule has 1 aromatic heterocycles. The van der Waals surface area contributed by atoms with Crippen LogP contribution in [0, 0.1) is 0 Å². The monoisotopic (exact) mass is 320 g/mol. The summed E-state index contributed by atoms with van der Waals surface area (Å²) in [5, 5.41) is 9.76. The van der Waals surface area contributed by atoms with E-state index in [2.05, 4.69) is 15.0 Å². The molecule has 0 aromatic carbocycles. The normalized spacial score (nSPS) is 22.1. The first-order valence-corrected chi connectivity index (χ1v) is 6.68. The van der Waals surface area contributed by atoms with Crippen LogP contribution < -0.4 is 14.7 Å². The van der Waals surface area contributed by atoms with Crippen molar-refractivity contribution < 1.29 is 18.3 Å². The van der Waals surface area contributed by atoms with Gasteiger partial charge in [-0.05, 0) is 0 Å². The lowest BCUT2D eigenvalue weighted by Crippen LogP contribution is -2.47. The predicted molar refractivity (Wildman–Crippen MR) is 76.3 cm³/mol. The SMILES string of the molecule is CN(C)c1nc(N(C)C)nc(N2CCC(O)(C(F)(F)F)C2)n1. The van der Waals surface area contributed by atoms with E-state index in [1.807, 2.05) is 0 Å². The van der Waals surface area contributed by atoms with Crippen molar-refractivity contribution in [1.82, 2.24) is 15.0 Å². The van der Waals surface area contributed by atoms with Gasteiger partial charge in [-0.15, -0.1) is 0 Å². The number of aliphatic hydroxyl groups is 1. The second kappa shape index (κ2) is 5.41. The van der Waals surface area contributed by atoms with E-state index in [0.717, 1.165) is 0 Å². The summed E-state index contributed by atoms with van der Waals surface area (Å²) in [6.45, 7) is -0.556. The van der Waals surface area contributed by atoms with Crippen molar-refractivity contribution in [3.63, 3.8) is 0 Å². The van der Waals surface area contributed by atoms with Gasteiger partial charge in [-0.3, -0.25) is 0 Å². The van der Waals surface area contributed by atoms with Gasteiger partial charge in [-0.2, -0.15) is 28.1 Å². The number of aromatic nitrogens is 3. The highest BCUT2D eigenvalue weighted by Crippen LogP contribution is 2.38. The smallest absolute Gasteiger partial charge is 0.379 e. The maximum Gasteiger partial charge on any atom is 0.419 e. The molecule has 1 aliphatic heterocycles. The number of rotatable bonds is 3. The maximum atomic E-state index is 12.9. The molecule has 1 aromatic rings. The van der Waals surface area contributed by atoms with Crippen LogP contribution in [0.1, 0.15) is 6.42 Å². The zero-order chi connectivity index (χ0) is 16.7. The zero-order valence-electron chi connectivity index (χ0n) is 12.9. The molecule has 1 saturated heterocycles.